The SMILES string of the molecule is Cc1nc(C2(C)CNCCO2)cs1. The van der Waals surface area contributed by atoms with Gasteiger partial charge in [0, 0.05) is 18.5 Å². The molecule has 72 valence electrons. The number of morpholine rings is 1. The second-order valence-electron chi connectivity index (χ2n) is 3.51. The first kappa shape index (κ1) is 9.12. The third kappa shape index (κ3) is 1.75. The molecule has 1 saturated heterocycles. The summed E-state index contributed by atoms with van der Waals surface area (Å²) in [5, 5.41) is 6.51. The molecule has 1 unspecified atom stereocenters. The number of aromatic nitrogens is 1. The van der Waals surface area contributed by atoms with Gasteiger partial charge in [-0.2, -0.15) is 0 Å². The summed E-state index contributed by atoms with van der Waals surface area (Å²) in [4.78, 5) is 4.46. The quantitative estimate of drug-likeness (QED) is 0.738. The molecule has 13 heavy (non-hydrogen) atoms. The van der Waals surface area contributed by atoms with E-state index in [1.807, 2.05) is 6.92 Å². The maximum Gasteiger partial charge on any atom is 0.120 e. The molecule has 0 bridgehead atoms. The summed E-state index contributed by atoms with van der Waals surface area (Å²) in [7, 11) is 0. The highest BCUT2D eigenvalue weighted by atomic mass is 32.1. The number of nitrogens with zero attached hydrogens (tertiary/aromatic N) is 1. The van der Waals surface area contributed by atoms with Crippen LogP contribution < -0.4 is 5.32 Å². The van der Waals surface area contributed by atoms with E-state index in [1.165, 1.54) is 0 Å². The first-order valence-corrected chi connectivity index (χ1v) is 5.36. The van der Waals surface area contributed by atoms with Gasteiger partial charge in [-0.3, -0.25) is 0 Å². The molecule has 1 N–H and O–H groups in total. The van der Waals surface area contributed by atoms with Gasteiger partial charge in [-0.1, -0.05) is 0 Å². The van der Waals surface area contributed by atoms with E-state index < -0.39 is 0 Å². The Bertz CT molecular complexity index is 292. The molecular weight excluding hydrogens is 184 g/mol. The van der Waals surface area contributed by atoms with Crippen molar-refractivity contribution in [2.75, 3.05) is 19.7 Å². The molecule has 1 aromatic rings. The first-order chi connectivity index (χ1) is 6.21. The lowest BCUT2D eigenvalue weighted by Crippen LogP contribution is -2.45. The molecule has 0 spiro atoms. The van der Waals surface area contributed by atoms with Crippen molar-refractivity contribution in [1.29, 1.82) is 0 Å². The Hall–Kier alpha value is -0.450. The summed E-state index contributed by atoms with van der Waals surface area (Å²) >= 11 is 1.68. The van der Waals surface area contributed by atoms with Crippen molar-refractivity contribution in [3.63, 3.8) is 0 Å². The van der Waals surface area contributed by atoms with E-state index in [2.05, 4.69) is 22.6 Å². The van der Waals surface area contributed by atoms with Crippen LogP contribution in [0.2, 0.25) is 0 Å². The predicted octanol–water partition coefficient (Wildman–Crippen LogP) is 1.29. The van der Waals surface area contributed by atoms with Crippen molar-refractivity contribution in [1.82, 2.24) is 10.3 Å². The van der Waals surface area contributed by atoms with Gasteiger partial charge in [0.2, 0.25) is 0 Å². The molecule has 2 heterocycles. The van der Waals surface area contributed by atoms with E-state index in [4.69, 9.17) is 4.74 Å². The number of thiazole rings is 1. The van der Waals surface area contributed by atoms with Crippen molar-refractivity contribution in [2.45, 2.75) is 19.4 Å². The van der Waals surface area contributed by atoms with Crippen LogP contribution in [0, 0.1) is 6.92 Å². The molecule has 0 saturated carbocycles. The van der Waals surface area contributed by atoms with Gasteiger partial charge in [0.05, 0.1) is 17.3 Å². The normalized spacial score (nSPS) is 29.1. The minimum absolute atomic E-state index is 0.219. The van der Waals surface area contributed by atoms with Crippen LogP contribution in [0.3, 0.4) is 0 Å². The smallest absolute Gasteiger partial charge is 0.120 e. The zero-order chi connectivity index (χ0) is 9.31. The standard InChI is InChI=1S/C9H14N2OS/c1-7-11-8(5-13-7)9(2)6-10-3-4-12-9/h5,10H,3-4,6H2,1-2H3. The molecule has 0 amide bonds. The highest BCUT2D eigenvalue weighted by Gasteiger charge is 2.31. The Morgan fingerprint density at radius 2 is 2.54 bits per heavy atom. The molecule has 1 aliphatic heterocycles. The van der Waals surface area contributed by atoms with E-state index in [0.717, 1.165) is 30.4 Å². The Balaban J connectivity index is 2.22. The largest absolute Gasteiger partial charge is 0.366 e. The van der Waals surface area contributed by atoms with Crippen molar-refractivity contribution >= 4 is 11.3 Å². The average molecular weight is 198 g/mol. The molecule has 3 nitrogen and oxygen atoms in total. The van der Waals surface area contributed by atoms with Gasteiger partial charge in [0.25, 0.3) is 0 Å². The van der Waals surface area contributed by atoms with Gasteiger partial charge in [-0.25, -0.2) is 4.98 Å². The third-order valence-corrected chi connectivity index (χ3v) is 3.10. The lowest BCUT2D eigenvalue weighted by Gasteiger charge is -2.32. The summed E-state index contributed by atoms with van der Waals surface area (Å²) < 4.78 is 5.75. The van der Waals surface area contributed by atoms with Gasteiger partial charge in [0.1, 0.15) is 5.60 Å². The van der Waals surface area contributed by atoms with Crippen LogP contribution in [-0.2, 0) is 10.3 Å². The van der Waals surface area contributed by atoms with Crippen molar-refractivity contribution in [3.05, 3.63) is 16.1 Å². The minimum atomic E-state index is -0.219. The summed E-state index contributed by atoms with van der Waals surface area (Å²) in [6, 6.07) is 0. The number of hydrogen-bond acceptors (Lipinski definition) is 4. The molecule has 0 radical (unpaired) electrons. The summed E-state index contributed by atoms with van der Waals surface area (Å²) in [5.74, 6) is 0. The lowest BCUT2D eigenvalue weighted by atomic mass is 10.0. The van der Waals surface area contributed by atoms with Gasteiger partial charge < -0.3 is 10.1 Å². The minimum Gasteiger partial charge on any atom is -0.366 e. The van der Waals surface area contributed by atoms with Crippen LogP contribution in [0.15, 0.2) is 5.38 Å². The molecule has 4 heteroatoms. The molecule has 1 atom stereocenters. The third-order valence-electron chi connectivity index (χ3n) is 2.32. The van der Waals surface area contributed by atoms with Gasteiger partial charge >= 0.3 is 0 Å². The number of aryl methyl sites for hydroxylation is 1. The van der Waals surface area contributed by atoms with E-state index in [-0.39, 0.29) is 5.60 Å². The topological polar surface area (TPSA) is 34.2 Å². The van der Waals surface area contributed by atoms with Crippen LogP contribution in [0.5, 0.6) is 0 Å². The van der Waals surface area contributed by atoms with Crippen LogP contribution in [0.25, 0.3) is 0 Å². The molecule has 0 aromatic carbocycles. The van der Waals surface area contributed by atoms with Gasteiger partial charge in [-0.05, 0) is 13.8 Å². The van der Waals surface area contributed by atoms with Crippen LogP contribution in [0.1, 0.15) is 17.6 Å². The van der Waals surface area contributed by atoms with Crippen LogP contribution in [-0.4, -0.2) is 24.7 Å². The Morgan fingerprint density at radius 1 is 1.69 bits per heavy atom. The molecule has 0 aliphatic carbocycles. The second kappa shape index (κ2) is 3.36. The van der Waals surface area contributed by atoms with Gasteiger partial charge in [0.15, 0.2) is 0 Å². The Kier molecular flexibility index (Phi) is 2.36. The predicted molar refractivity (Wildman–Crippen MR) is 53.0 cm³/mol. The van der Waals surface area contributed by atoms with E-state index in [0.29, 0.717) is 0 Å². The second-order valence-corrected chi connectivity index (χ2v) is 4.57. The monoisotopic (exact) mass is 198 g/mol. The van der Waals surface area contributed by atoms with E-state index in [9.17, 15) is 0 Å². The fourth-order valence-corrected chi connectivity index (χ4v) is 2.23. The summed E-state index contributed by atoms with van der Waals surface area (Å²) in [5.41, 5.74) is 0.838. The lowest BCUT2D eigenvalue weighted by molar-refractivity contribution is -0.0597. The highest BCUT2D eigenvalue weighted by molar-refractivity contribution is 7.09. The maximum atomic E-state index is 5.75. The molecule has 1 fully saturated rings. The molecule has 1 aromatic heterocycles. The average Bonchev–Trinajstić information content (AvgIpc) is 2.54. The molecule has 1 aliphatic rings. The molecular formula is C9H14N2OS. The van der Waals surface area contributed by atoms with Gasteiger partial charge in [-0.15, -0.1) is 11.3 Å². The summed E-state index contributed by atoms with van der Waals surface area (Å²) in [6.45, 7) is 6.68. The fraction of sp³-hybridized carbons (Fsp3) is 0.667. The van der Waals surface area contributed by atoms with E-state index >= 15 is 0 Å². The fourth-order valence-electron chi connectivity index (χ4n) is 1.50. The van der Waals surface area contributed by atoms with Crippen molar-refractivity contribution in [3.8, 4) is 0 Å². The number of hydrogen-bond donors (Lipinski definition) is 1. The van der Waals surface area contributed by atoms with Crippen LogP contribution in [0.4, 0.5) is 0 Å². The Labute approximate surface area is 82.1 Å². The first-order valence-electron chi connectivity index (χ1n) is 4.48. The number of ether oxygens (including phenoxy) is 1. The maximum absolute atomic E-state index is 5.75. The number of rotatable bonds is 1. The van der Waals surface area contributed by atoms with Crippen LogP contribution >= 0.6 is 11.3 Å². The highest BCUT2D eigenvalue weighted by Crippen LogP contribution is 2.27. The van der Waals surface area contributed by atoms with Crippen molar-refractivity contribution < 1.29 is 4.74 Å². The zero-order valence-corrected chi connectivity index (χ0v) is 8.78. The molecule has 2 rings (SSSR count). The Morgan fingerprint density at radius 3 is 3.08 bits per heavy atom. The van der Waals surface area contributed by atoms with Crippen molar-refractivity contribution in [2.24, 2.45) is 0 Å². The summed E-state index contributed by atoms with van der Waals surface area (Å²) in [6.07, 6.45) is 0. The zero-order valence-electron chi connectivity index (χ0n) is 7.96. The van der Waals surface area contributed by atoms with E-state index in [1.54, 1.807) is 11.3 Å². The number of nitrogens with one attached hydrogen (secondary N) is 1.